The van der Waals surface area contributed by atoms with Crippen LogP contribution in [0.5, 0.6) is 0 Å². The number of carbonyl (C=O) groups is 1. The van der Waals surface area contributed by atoms with Crippen molar-refractivity contribution in [2.24, 2.45) is 0 Å². The Hall–Kier alpha value is -1.50. The van der Waals surface area contributed by atoms with Gasteiger partial charge in [0.25, 0.3) is 5.56 Å². The molecule has 0 saturated heterocycles. The minimum absolute atomic E-state index is 0.0212. The quantitative estimate of drug-likeness (QED) is 0.606. The smallest absolute Gasteiger partial charge is 0.267 e. The molecule has 0 saturated carbocycles. The number of nitrogens with zero attached hydrogens (tertiary/aromatic N) is 2. The second kappa shape index (κ2) is 5.87. The standard InChI is InChI=1S/C15H15IN2O2/c1-9-4-10(2)14(11(3)5-9)13(19)7-18-8-17-6-12(16)15(18)20/h4-6,8H,7H2,1-3H3. The number of hydrogen-bond donors (Lipinski definition) is 0. The highest BCUT2D eigenvalue weighted by Gasteiger charge is 2.14. The number of carbonyl (C=O) groups excluding carboxylic acids is 1. The number of ketones is 1. The molecule has 0 amide bonds. The van der Waals surface area contributed by atoms with Crippen molar-refractivity contribution in [3.63, 3.8) is 0 Å². The molecule has 2 aromatic rings. The molecule has 2 rings (SSSR count). The molecule has 0 atom stereocenters. The maximum absolute atomic E-state index is 12.4. The first kappa shape index (κ1) is 14.9. The highest BCUT2D eigenvalue weighted by molar-refractivity contribution is 14.1. The molecule has 104 valence electrons. The lowest BCUT2D eigenvalue weighted by Crippen LogP contribution is -2.26. The van der Waals surface area contributed by atoms with Gasteiger partial charge in [-0.2, -0.15) is 0 Å². The Balaban J connectivity index is 2.39. The molecule has 0 unspecified atom stereocenters. The summed E-state index contributed by atoms with van der Waals surface area (Å²) in [5.74, 6) is -0.0640. The van der Waals surface area contributed by atoms with Gasteiger partial charge >= 0.3 is 0 Å². The van der Waals surface area contributed by atoms with Gasteiger partial charge in [-0.1, -0.05) is 17.7 Å². The Morgan fingerprint density at radius 1 is 1.25 bits per heavy atom. The van der Waals surface area contributed by atoms with E-state index < -0.39 is 0 Å². The van der Waals surface area contributed by atoms with Gasteiger partial charge in [-0.3, -0.25) is 14.2 Å². The summed E-state index contributed by atoms with van der Waals surface area (Å²) in [4.78, 5) is 28.3. The number of aryl methyl sites for hydroxylation is 3. The van der Waals surface area contributed by atoms with E-state index in [2.05, 4.69) is 4.98 Å². The molecule has 0 N–H and O–H groups in total. The fourth-order valence-electron chi connectivity index (χ4n) is 2.39. The molecule has 0 radical (unpaired) electrons. The van der Waals surface area contributed by atoms with Crippen molar-refractivity contribution in [3.05, 3.63) is 60.8 Å². The predicted molar refractivity (Wildman–Crippen MR) is 86.2 cm³/mol. The zero-order valence-corrected chi connectivity index (χ0v) is 13.8. The molecule has 0 bridgehead atoms. The van der Waals surface area contributed by atoms with Gasteiger partial charge in [-0.25, -0.2) is 4.98 Å². The van der Waals surface area contributed by atoms with Gasteiger partial charge in [-0.15, -0.1) is 0 Å². The Bertz CT molecular complexity index is 712. The van der Waals surface area contributed by atoms with Crippen molar-refractivity contribution < 1.29 is 4.79 Å². The van der Waals surface area contributed by atoms with Gasteiger partial charge in [-0.05, 0) is 54.5 Å². The molecule has 0 fully saturated rings. The zero-order chi connectivity index (χ0) is 14.9. The minimum atomic E-state index is -0.184. The summed E-state index contributed by atoms with van der Waals surface area (Å²) in [6, 6.07) is 3.96. The van der Waals surface area contributed by atoms with Crippen LogP contribution in [0.2, 0.25) is 0 Å². The average Bonchev–Trinajstić information content (AvgIpc) is 2.33. The lowest BCUT2D eigenvalue weighted by atomic mass is 9.96. The molecule has 0 aliphatic heterocycles. The molecule has 1 aromatic heterocycles. The van der Waals surface area contributed by atoms with E-state index in [1.165, 1.54) is 17.1 Å². The summed E-state index contributed by atoms with van der Waals surface area (Å²) < 4.78 is 1.86. The molecule has 20 heavy (non-hydrogen) atoms. The van der Waals surface area contributed by atoms with Gasteiger partial charge < -0.3 is 0 Å². The first-order valence-corrected chi connectivity index (χ1v) is 7.29. The van der Waals surface area contributed by atoms with Crippen molar-refractivity contribution in [2.45, 2.75) is 27.3 Å². The molecule has 4 nitrogen and oxygen atoms in total. The summed E-state index contributed by atoms with van der Waals surface area (Å²) in [6.07, 6.45) is 2.90. The molecule has 1 aromatic carbocycles. The number of aromatic nitrogens is 2. The molecule has 1 heterocycles. The second-order valence-corrected chi connectivity index (χ2v) is 6.03. The largest absolute Gasteiger partial charge is 0.292 e. The van der Waals surface area contributed by atoms with Crippen LogP contribution >= 0.6 is 22.6 Å². The van der Waals surface area contributed by atoms with Crippen molar-refractivity contribution in [1.29, 1.82) is 0 Å². The van der Waals surface area contributed by atoms with Crippen LogP contribution in [0.15, 0.2) is 29.5 Å². The second-order valence-electron chi connectivity index (χ2n) is 4.87. The Morgan fingerprint density at radius 2 is 1.85 bits per heavy atom. The van der Waals surface area contributed by atoms with E-state index in [9.17, 15) is 9.59 Å². The monoisotopic (exact) mass is 382 g/mol. The summed E-state index contributed by atoms with van der Waals surface area (Å²) in [5.41, 5.74) is 3.53. The Labute approximate surface area is 131 Å². The van der Waals surface area contributed by atoms with E-state index >= 15 is 0 Å². The lowest BCUT2D eigenvalue weighted by Gasteiger charge is -2.11. The summed E-state index contributed by atoms with van der Waals surface area (Å²) >= 11 is 1.92. The van der Waals surface area contributed by atoms with Gasteiger partial charge in [0.15, 0.2) is 5.78 Å². The topological polar surface area (TPSA) is 52.0 Å². The normalized spacial score (nSPS) is 10.6. The maximum Gasteiger partial charge on any atom is 0.267 e. The van der Waals surface area contributed by atoms with Crippen LogP contribution in [0.1, 0.15) is 27.0 Å². The maximum atomic E-state index is 12.4. The van der Waals surface area contributed by atoms with Crippen molar-refractivity contribution in [3.8, 4) is 0 Å². The van der Waals surface area contributed by atoms with E-state index in [0.717, 1.165) is 16.7 Å². The molecular formula is C15H15IN2O2. The number of benzene rings is 1. The number of rotatable bonds is 3. The summed E-state index contributed by atoms with van der Waals surface area (Å²) in [7, 11) is 0. The number of hydrogen-bond acceptors (Lipinski definition) is 3. The van der Waals surface area contributed by atoms with Crippen LogP contribution in [0, 0.1) is 24.3 Å². The Kier molecular flexibility index (Phi) is 4.37. The van der Waals surface area contributed by atoms with E-state index in [-0.39, 0.29) is 17.9 Å². The zero-order valence-electron chi connectivity index (χ0n) is 11.6. The molecular weight excluding hydrogens is 367 g/mol. The molecule has 5 heteroatoms. The van der Waals surface area contributed by atoms with Crippen molar-refractivity contribution in [1.82, 2.24) is 9.55 Å². The van der Waals surface area contributed by atoms with Gasteiger partial charge in [0, 0.05) is 11.8 Å². The van der Waals surface area contributed by atoms with Gasteiger partial charge in [0.05, 0.1) is 16.4 Å². The highest BCUT2D eigenvalue weighted by Crippen LogP contribution is 2.17. The summed E-state index contributed by atoms with van der Waals surface area (Å²) in [6.45, 7) is 5.86. The minimum Gasteiger partial charge on any atom is -0.292 e. The van der Waals surface area contributed by atoms with E-state index in [1.807, 2.05) is 55.5 Å². The molecule has 0 aliphatic carbocycles. The third kappa shape index (κ3) is 2.98. The SMILES string of the molecule is Cc1cc(C)c(C(=O)Cn2cncc(I)c2=O)c(C)c1. The third-order valence-corrected chi connectivity index (χ3v) is 3.87. The average molecular weight is 382 g/mol. The predicted octanol–water partition coefficient (Wildman–Crippen LogP) is 2.66. The van der Waals surface area contributed by atoms with E-state index in [0.29, 0.717) is 9.13 Å². The lowest BCUT2D eigenvalue weighted by molar-refractivity contribution is 0.0969. The third-order valence-electron chi connectivity index (χ3n) is 3.13. The van der Waals surface area contributed by atoms with Crippen LogP contribution in [0.4, 0.5) is 0 Å². The summed E-state index contributed by atoms with van der Waals surface area (Å²) in [5, 5.41) is 0. The van der Waals surface area contributed by atoms with Crippen LogP contribution < -0.4 is 5.56 Å². The fourth-order valence-corrected chi connectivity index (χ4v) is 2.86. The molecule has 0 aliphatic rings. The van der Waals surface area contributed by atoms with E-state index in [4.69, 9.17) is 0 Å². The van der Waals surface area contributed by atoms with Crippen LogP contribution in [-0.2, 0) is 6.54 Å². The van der Waals surface area contributed by atoms with Gasteiger partial charge in [0.1, 0.15) is 0 Å². The number of halogens is 1. The first-order chi connectivity index (χ1) is 9.40. The highest BCUT2D eigenvalue weighted by atomic mass is 127. The van der Waals surface area contributed by atoms with E-state index in [1.54, 1.807) is 0 Å². The van der Waals surface area contributed by atoms with Crippen molar-refractivity contribution >= 4 is 28.4 Å². The Morgan fingerprint density at radius 3 is 2.45 bits per heavy atom. The van der Waals surface area contributed by atoms with Gasteiger partial charge in [0.2, 0.25) is 0 Å². The number of Topliss-reactive ketones (excluding diaryl/α,β-unsaturated/α-hetero) is 1. The van der Waals surface area contributed by atoms with Crippen LogP contribution in [0.25, 0.3) is 0 Å². The van der Waals surface area contributed by atoms with Crippen LogP contribution in [-0.4, -0.2) is 15.3 Å². The fraction of sp³-hybridized carbons (Fsp3) is 0.267. The molecule has 0 spiro atoms. The van der Waals surface area contributed by atoms with Crippen molar-refractivity contribution in [2.75, 3.05) is 0 Å². The first-order valence-electron chi connectivity index (χ1n) is 6.21. The van der Waals surface area contributed by atoms with Crippen LogP contribution in [0.3, 0.4) is 0 Å².